The standard InChI is InChI=1S/C10H21N3/c1-5-12-9-6-10(9,11-4)7-13-8(2)3/h5,8-9,11,13H,6-7H2,1-4H3/b12-5-. The molecule has 1 aliphatic rings. The Bertz CT molecular complexity index is 189. The zero-order chi connectivity index (χ0) is 9.90. The van der Waals surface area contributed by atoms with Crippen molar-refractivity contribution in [3.05, 3.63) is 0 Å². The summed E-state index contributed by atoms with van der Waals surface area (Å²) in [5.41, 5.74) is 0.233. The predicted octanol–water partition coefficient (Wildman–Crippen LogP) is 0.806. The smallest absolute Gasteiger partial charge is 0.0709 e. The molecule has 13 heavy (non-hydrogen) atoms. The van der Waals surface area contributed by atoms with E-state index >= 15 is 0 Å². The minimum absolute atomic E-state index is 0.233. The zero-order valence-electron chi connectivity index (χ0n) is 9.09. The molecule has 2 unspecified atom stereocenters. The largest absolute Gasteiger partial charge is 0.313 e. The maximum Gasteiger partial charge on any atom is 0.0709 e. The van der Waals surface area contributed by atoms with Gasteiger partial charge in [0.1, 0.15) is 0 Å². The molecule has 0 heterocycles. The predicted molar refractivity (Wildman–Crippen MR) is 57.5 cm³/mol. The molecule has 0 radical (unpaired) electrons. The van der Waals surface area contributed by atoms with Crippen LogP contribution in [-0.2, 0) is 0 Å². The van der Waals surface area contributed by atoms with Gasteiger partial charge < -0.3 is 10.6 Å². The van der Waals surface area contributed by atoms with Crippen molar-refractivity contribution in [1.29, 1.82) is 0 Å². The van der Waals surface area contributed by atoms with E-state index < -0.39 is 0 Å². The molecule has 0 aromatic rings. The van der Waals surface area contributed by atoms with E-state index in [4.69, 9.17) is 0 Å². The molecule has 0 spiro atoms. The van der Waals surface area contributed by atoms with Crippen LogP contribution in [0.1, 0.15) is 27.2 Å². The second-order valence-electron chi connectivity index (χ2n) is 4.07. The molecule has 1 aliphatic carbocycles. The lowest BCUT2D eigenvalue weighted by atomic mass is 10.2. The van der Waals surface area contributed by atoms with Crippen LogP contribution in [0.3, 0.4) is 0 Å². The third-order valence-corrected chi connectivity index (χ3v) is 2.69. The molecule has 1 rings (SSSR count). The van der Waals surface area contributed by atoms with Crippen LogP contribution < -0.4 is 10.6 Å². The SMILES string of the molecule is C/C=N\C1CC1(CNC(C)C)NC. The number of hydrogen-bond acceptors (Lipinski definition) is 3. The van der Waals surface area contributed by atoms with Gasteiger partial charge >= 0.3 is 0 Å². The third kappa shape index (κ3) is 2.51. The number of rotatable bonds is 5. The molecule has 76 valence electrons. The lowest BCUT2D eigenvalue weighted by molar-refractivity contribution is 0.455. The number of nitrogens with one attached hydrogen (secondary N) is 2. The average molecular weight is 183 g/mol. The molecule has 0 aliphatic heterocycles. The van der Waals surface area contributed by atoms with Crippen molar-refractivity contribution in [3.8, 4) is 0 Å². The average Bonchev–Trinajstić information content (AvgIpc) is 2.77. The van der Waals surface area contributed by atoms with Crippen LogP contribution >= 0.6 is 0 Å². The van der Waals surface area contributed by atoms with Crippen molar-refractivity contribution in [3.63, 3.8) is 0 Å². The van der Waals surface area contributed by atoms with Crippen molar-refractivity contribution in [2.45, 2.75) is 44.8 Å². The Labute approximate surface area is 81.0 Å². The van der Waals surface area contributed by atoms with Crippen molar-refractivity contribution in [2.75, 3.05) is 13.6 Å². The summed E-state index contributed by atoms with van der Waals surface area (Å²) in [6.07, 6.45) is 3.06. The van der Waals surface area contributed by atoms with E-state index in [1.807, 2.05) is 20.2 Å². The van der Waals surface area contributed by atoms with Crippen molar-refractivity contribution >= 4 is 6.21 Å². The fourth-order valence-electron chi connectivity index (χ4n) is 1.59. The Morgan fingerprint density at radius 1 is 1.62 bits per heavy atom. The van der Waals surface area contributed by atoms with Crippen LogP contribution in [0.25, 0.3) is 0 Å². The first-order chi connectivity index (χ1) is 6.14. The van der Waals surface area contributed by atoms with Crippen LogP contribution in [0.5, 0.6) is 0 Å². The van der Waals surface area contributed by atoms with Crippen LogP contribution in [0.4, 0.5) is 0 Å². The normalized spacial score (nSPS) is 33.2. The van der Waals surface area contributed by atoms with Gasteiger partial charge in [0, 0.05) is 12.6 Å². The minimum atomic E-state index is 0.233. The van der Waals surface area contributed by atoms with Gasteiger partial charge in [-0.05, 0) is 26.6 Å². The second-order valence-corrected chi connectivity index (χ2v) is 4.07. The first-order valence-corrected chi connectivity index (χ1v) is 5.04. The number of likely N-dealkylation sites (N-methyl/N-ethyl adjacent to an activating group) is 1. The van der Waals surface area contributed by atoms with Crippen molar-refractivity contribution < 1.29 is 0 Å². The molecule has 0 saturated heterocycles. The Morgan fingerprint density at radius 3 is 2.77 bits per heavy atom. The lowest BCUT2D eigenvalue weighted by Gasteiger charge is -2.17. The molecule has 0 amide bonds. The minimum Gasteiger partial charge on any atom is -0.313 e. The number of aliphatic imine (C=N–C) groups is 1. The van der Waals surface area contributed by atoms with Gasteiger partial charge in [0.15, 0.2) is 0 Å². The number of hydrogen-bond donors (Lipinski definition) is 2. The monoisotopic (exact) mass is 183 g/mol. The van der Waals surface area contributed by atoms with E-state index in [0.29, 0.717) is 12.1 Å². The molecule has 1 saturated carbocycles. The molecule has 3 heteroatoms. The topological polar surface area (TPSA) is 36.4 Å². The summed E-state index contributed by atoms with van der Waals surface area (Å²) in [4.78, 5) is 4.41. The van der Waals surface area contributed by atoms with E-state index in [2.05, 4.69) is 29.5 Å². The van der Waals surface area contributed by atoms with Gasteiger partial charge in [-0.25, -0.2) is 0 Å². The van der Waals surface area contributed by atoms with E-state index in [1.165, 1.54) is 0 Å². The first-order valence-electron chi connectivity index (χ1n) is 5.04. The maximum atomic E-state index is 4.41. The van der Waals surface area contributed by atoms with Crippen molar-refractivity contribution in [2.24, 2.45) is 4.99 Å². The fraction of sp³-hybridized carbons (Fsp3) is 0.900. The van der Waals surface area contributed by atoms with Crippen LogP contribution in [0.2, 0.25) is 0 Å². The highest BCUT2D eigenvalue weighted by Gasteiger charge is 2.52. The molecule has 2 atom stereocenters. The highest BCUT2D eigenvalue weighted by molar-refractivity contribution is 5.54. The van der Waals surface area contributed by atoms with E-state index in [1.54, 1.807) is 0 Å². The summed E-state index contributed by atoms with van der Waals surface area (Å²) >= 11 is 0. The summed E-state index contributed by atoms with van der Waals surface area (Å²) in [5, 5.41) is 6.82. The maximum absolute atomic E-state index is 4.41. The van der Waals surface area contributed by atoms with Gasteiger partial charge in [-0.1, -0.05) is 13.8 Å². The van der Waals surface area contributed by atoms with Gasteiger partial charge in [-0.3, -0.25) is 4.99 Å². The fourth-order valence-corrected chi connectivity index (χ4v) is 1.59. The molecular formula is C10H21N3. The van der Waals surface area contributed by atoms with Crippen LogP contribution in [0, 0.1) is 0 Å². The van der Waals surface area contributed by atoms with E-state index in [-0.39, 0.29) is 5.54 Å². The lowest BCUT2D eigenvalue weighted by Crippen LogP contribution is -2.43. The molecule has 3 nitrogen and oxygen atoms in total. The summed E-state index contributed by atoms with van der Waals surface area (Å²) in [6, 6.07) is 1.03. The van der Waals surface area contributed by atoms with Gasteiger partial charge in [0.2, 0.25) is 0 Å². The summed E-state index contributed by atoms with van der Waals surface area (Å²) in [5.74, 6) is 0. The van der Waals surface area contributed by atoms with Crippen LogP contribution in [0.15, 0.2) is 4.99 Å². The first kappa shape index (κ1) is 10.7. The third-order valence-electron chi connectivity index (χ3n) is 2.69. The molecule has 2 N–H and O–H groups in total. The zero-order valence-corrected chi connectivity index (χ0v) is 9.09. The van der Waals surface area contributed by atoms with E-state index in [9.17, 15) is 0 Å². The van der Waals surface area contributed by atoms with Crippen molar-refractivity contribution in [1.82, 2.24) is 10.6 Å². The molecule has 0 bridgehead atoms. The second kappa shape index (κ2) is 4.20. The Hall–Kier alpha value is -0.410. The highest BCUT2D eigenvalue weighted by atomic mass is 15.1. The summed E-state index contributed by atoms with van der Waals surface area (Å²) in [6.45, 7) is 7.34. The van der Waals surface area contributed by atoms with Crippen LogP contribution in [-0.4, -0.2) is 37.4 Å². The Balaban J connectivity index is 2.37. The van der Waals surface area contributed by atoms with E-state index in [0.717, 1.165) is 13.0 Å². The molecule has 1 fully saturated rings. The van der Waals surface area contributed by atoms with Gasteiger partial charge in [-0.15, -0.1) is 0 Å². The molecule has 0 aromatic carbocycles. The van der Waals surface area contributed by atoms with Gasteiger partial charge in [0.05, 0.1) is 11.6 Å². The van der Waals surface area contributed by atoms with Gasteiger partial charge in [-0.2, -0.15) is 0 Å². The summed E-state index contributed by atoms with van der Waals surface area (Å²) < 4.78 is 0. The molecular weight excluding hydrogens is 162 g/mol. The quantitative estimate of drug-likeness (QED) is 0.619. The Morgan fingerprint density at radius 2 is 2.31 bits per heavy atom. The summed E-state index contributed by atoms with van der Waals surface area (Å²) in [7, 11) is 2.02. The highest BCUT2D eigenvalue weighted by Crippen LogP contribution is 2.38. The van der Waals surface area contributed by atoms with Gasteiger partial charge in [0.25, 0.3) is 0 Å². The number of nitrogens with zero attached hydrogens (tertiary/aromatic N) is 1. The Kier molecular flexibility index (Phi) is 3.45. The molecule has 0 aromatic heterocycles.